The van der Waals surface area contributed by atoms with Crippen LogP contribution in [0.25, 0.3) is 0 Å². The highest BCUT2D eigenvalue weighted by molar-refractivity contribution is 5.52. The van der Waals surface area contributed by atoms with Gasteiger partial charge in [0, 0.05) is 19.2 Å². The zero-order valence-corrected chi connectivity index (χ0v) is 9.22. The fourth-order valence-electron chi connectivity index (χ4n) is 1.80. The van der Waals surface area contributed by atoms with E-state index in [0.717, 1.165) is 0 Å². The summed E-state index contributed by atoms with van der Waals surface area (Å²) < 4.78 is 0. The Morgan fingerprint density at radius 3 is 2.56 bits per heavy atom. The Kier molecular flexibility index (Phi) is 3.10. The first-order valence-electron chi connectivity index (χ1n) is 5.19. The van der Waals surface area contributed by atoms with Crippen LogP contribution in [0.4, 0.5) is 11.5 Å². The van der Waals surface area contributed by atoms with Crippen LogP contribution in [0, 0.1) is 21.4 Å². The summed E-state index contributed by atoms with van der Waals surface area (Å²) in [7, 11) is 0. The molecular weight excluding hydrogens is 240 g/mol. The number of hydrogen-bond donors (Lipinski definition) is 2. The number of nitriles is 1. The van der Waals surface area contributed by atoms with Gasteiger partial charge in [-0.25, -0.2) is 4.98 Å². The Morgan fingerprint density at radius 2 is 2.06 bits per heavy atom. The molecule has 8 heteroatoms. The van der Waals surface area contributed by atoms with Crippen LogP contribution in [0.15, 0.2) is 12.1 Å². The van der Waals surface area contributed by atoms with Crippen molar-refractivity contribution < 1.29 is 15.1 Å². The first-order valence-corrected chi connectivity index (χ1v) is 5.19. The van der Waals surface area contributed by atoms with Gasteiger partial charge in [0.25, 0.3) is 0 Å². The lowest BCUT2D eigenvalue weighted by Gasteiger charge is -2.15. The van der Waals surface area contributed by atoms with Crippen LogP contribution in [-0.2, 0) is 0 Å². The van der Waals surface area contributed by atoms with Crippen molar-refractivity contribution in [3.8, 4) is 6.07 Å². The number of nitrogens with zero attached hydrogens (tertiary/aromatic N) is 4. The van der Waals surface area contributed by atoms with E-state index in [1.807, 2.05) is 0 Å². The van der Waals surface area contributed by atoms with Gasteiger partial charge in [-0.2, -0.15) is 5.26 Å². The minimum absolute atomic E-state index is 0.177. The molecule has 0 bridgehead atoms. The number of aromatic nitrogens is 1. The molecule has 2 rings (SSSR count). The maximum atomic E-state index is 10.6. The lowest BCUT2D eigenvalue weighted by atomic mass is 10.3. The van der Waals surface area contributed by atoms with Crippen LogP contribution in [0.1, 0.15) is 5.69 Å². The average Bonchev–Trinajstić information content (AvgIpc) is 2.68. The first kappa shape index (κ1) is 12.2. The van der Waals surface area contributed by atoms with Crippen molar-refractivity contribution in [3.05, 3.63) is 27.9 Å². The van der Waals surface area contributed by atoms with Crippen LogP contribution in [0.5, 0.6) is 0 Å². The Balaban J connectivity index is 2.32. The standard InChI is InChI=1S/C10H10N4O4/c11-3-6-7(14(17)18)1-2-10(12-6)13-4-8(15)9(16)5-13/h1-2,8-9,15-16H,4-5H2. The van der Waals surface area contributed by atoms with E-state index in [2.05, 4.69) is 4.98 Å². The Hall–Kier alpha value is -2.24. The maximum Gasteiger partial charge on any atom is 0.305 e. The second-order valence-electron chi connectivity index (χ2n) is 3.95. The van der Waals surface area contributed by atoms with Gasteiger partial charge in [-0.3, -0.25) is 10.1 Å². The predicted octanol–water partition coefficient (Wildman–Crippen LogP) is -0.597. The van der Waals surface area contributed by atoms with Crippen molar-refractivity contribution in [2.75, 3.05) is 18.0 Å². The molecule has 18 heavy (non-hydrogen) atoms. The van der Waals surface area contributed by atoms with Crippen molar-refractivity contribution >= 4 is 11.5 Å². The molecule has 1 saturated heterocycles. The molecule has 0 radical (unpaired) electrons. The number of anilines is 1. The molecule has 2 unspecified atom stereocenters. The summed E-state index contributed by atoms with van der Waals surface area (Å²) in [6.07, 6.45) is -1.76. The van der Waals surface area contributed by atoms with E-state index in [1.165, 1.54) is 12.1 Å². The highest BCUT2D eigenvalue weighted by Crippen LogP contribution is 2.23. The van der Waals surface area contributed by atoms with Crippen LogP contribution < -0.4 is 4.90 Å². The van der Waals surface area contributed by atoms with E-state index < -0.39 is 17.1 Å². The first-order chi connectivity index (χ1) is 8.52. The molecule has 0 saturated carbocycles. The van der Waals surface area contributed by atoms with E-state index >= 15 is 0 Å². The third kappa shape index (κ3) is 2.09. The maximum absolute atomic E-state index is 10.6. The summed E-state index contributed by atoms with van der Waals surface area (Å²) in [4.78, 5) is 15.4. The number of hydrogen-bond acceptors (Lipinski definition) is 7. The molecule has 1 fully saturated rings. The molecule has 1 aromatic rings. The molecule has 8 nitrogen and oxygen atoms in total. The highest BCUT2D eigenvalue weighted by Gasteiger charge is 2.31. The Morgan fingerprint density at radius 1 is 1.44 bits per heavy atom. The van der Waals surface area contributed by atoms with E-state index in [0.29, 0.717) is 5.82 Å². The molecule has 1 aromatic heterocycles. The average molecular weight is 250 g/mol. The lowest BCUT2D eigenvalue weighted by Crippen LogP contribution is -2.22. The molecular formula is C10H10N4O4. The summed E-state index contributed by atoms with van der Waals surface area (Å²) in [5, 5.41) is 38.3. The number of pyridine rings is 1. The number of aliphatic hydroxyl groups is 2. The molecule has 2 atom stereocenters. The van der Waals surface area contributed by atoms with Gasteiger partial charge in [0.1, 0.15) is 11.9 Å². The van der Waals surface area contributed by atoms with Gasteiger partial charge in [-0.1, -0.05) is 0 Å². The third-order valence-electron chi connectivity index (χ3n) is 2.74. The van der Waals surface area contributed by atoms with Crippen molar-refractivity contribution in [3.63, 3.8) is 0 Å². The van der Waals surface area contributed by atoms with Crippen molar-refractivity contribution in [1.82, 2.24) is 4.98 Å². The second kappa shape index (κ2) is 4.56. The van der Waals surface area contributed by atoms with Crippen molar-refractivity contribution in [2.45, 2.75) is 12.2 Å². The van der Waals surface area contributed by atoms with Gasteiger partial charge in [0.2, 0.25) is 5.69 Å². The molecule has 1 aliphatic rings. The van der Waals surface area contributed by atoms with E-state index in [1.54, 1.807) is 11.0 Å². The molecule has 2 N–H and O–H groups in total. The zero-order chi connectivity index (χ0) is 13.3. The Bertz CT molecular complexity index is 517. The SMILES string of the molecule is N#Cc1nc(N2CC(O)C(O)C2)ccc1[N+](=O)[O-]. The summed E-state index contributed by atoms with van der Waals surface area (Å²) in [6.45, 7) is 0.355. The van der Waals surface area contributed by atoms with Crippen molar-refractivity contribution in [1.29, 1.82) is 5.26 Å². The minimum Gasteiger partial charge on any atom is -0.389 e. The molecule has 1 aliphatic heterocycles. The zero-order valence-electron chi connectivity index (χ0n) is 9.22. The number of rotatable bonds is 2. The third-order valence-corrected chi connectivity index (χ3v) is 2.74. The van der Waals surface area contributed by atoms with E-state index in [-0.39, 0.29) is 24.5 Å². The van der Waals surface area contributed by atoms with E-state index in [9.17, 15) is 20.3 Å². The molecule has 94 valence electrons. The van der Waals surface area contributed by atoms with Crippen LogP contribution in [0.3, 0.4) is 0 Å². The van der Waals surface area contributed by atoms with Gasteiger partial charge in [-0.05, 0) is 6.07 Å². The molecule has 0 amide bonds. The summed E-state index contributed by atoms with van der Waals surface area (Å²) in [5.74, 6) is 0.327. The number of β-amino-alcohol motifs (C(OH)–C–C–N with tert-alkyl or cyclic N) is 2. The predicted molar refractivity (Wildman–Crippen MR) is 59.8 cm³/mol. The Labute approximate surface area is 102 Å². The normalized spacial score (nSPS) is 22.8. The molecule has 0 aromatic carbocycles. The van der Waals surface area contributed by atoms with Crippen molar-refractivity contribution in [2.24, 2.45) is 0 Å². The smallest absolute Gasteiger partial charge is 0.305 e. The largest absolute Gasteiger partial charge is 0.389 e. The summed E-state index contributed by atoms with van der Waals surface area (Å²) in [5.41, 5.74) is -0.644. The molecule has 0 spiro atoms. The lowest BCUT2D eigenvalue weighted by molar-refractivity contribution is -0.385. The fourth-order valence-corrected chi connectivity index (χ4v) is 1.80. The van der Waals surface area contributed by atoms with Crippen LogP contribution in [-0.4, -0.2) is 45.4 Å². The fraction of sp³-hybridized carbons (Fsp3) is 0.400. The monoisotopic (exact) mass is 250 g/mol. The van der Waals surface area contributed by atoms with Gasteiger partial charge in [0.05, 0.1) is 17.1 Å². The van der Waals surface area contributed by atoms with Crippen LogP contribution >= 0.6 is 0 Å². The van der Waals surface area contributed by atoms with Gasteiger partial charge >= 0.3 is 5.69 Å². The quantitative estimate of drug-likeness (QED) is 0.530. The summed E-state index contributed by atoms with van der Waals surface area (Å²) in [6, 6.07) is 4.24. The number of nitro groups is 1. The minimum atomic E-state index is -0.882. The topological polar surface area (TPSA) is 124 Å². The van der Waals surface area contributed by atoms with Gasteiger partial charge in [-0.15, -0.1) is 0 Å². The van der Waals surface area contributed by atoms with E-state index in [4.69, 9.17) is 5.26 Å². The van der Waals surface area contributed by atoms with Crippen LogP contribution in [0.2, 0.25) is 0 Å². The highest BCUT2D eigenvalue weighted by atomic mass is 16.6. The van der Waals surface area contributed by atoms with Gasteiger partial charge < -0.3 is 15.1 Å². The molecule has 2 heterocycles. The number of aliphatic hydroxyl groups excluding tert-OH is 2. The summed E-state index contributed by atoms with van der Waals surface area (Å²) >= 11 is 0. The second-order valence-corrected chi connectivity index (χ2v) is 3.95. The molecule has 0 aliphatic carbocycles. The van der Waals surface area contributed by atoms with Gasteiger partial charge in [0.15, 0.2) is 0 Å².